The summed E-state index contributed by atoms with van der Waals surface area (Å²) in [5.74, 6) is -1.00. The largest absolute Gasteiger partial charge is 0.416 e. The number of amides is 1. The highest BCUT2D eigenvalue weighted by Crippen LogP contribution is 2.38. The Morgan fingerprint density at radius 3 is 2.19 bits per heavy atom. The molecule has 3 aromatic rings. The number of nitrogens with one attached hydrogen (secondary N) is 1. The number of benzene rings is 2. The van der Waals surface area contributed by atoms with E-state index in [2.05, 4.69) is 15.5 Å². The van der Waals surface area contributed by atoms with Crippen molar-refractivity contribution in [1.29, 1.82) is 0 Å². The van der Waals surface area contributed by atoms with Crippen molar-refractivity contribution in [3.63, 3.8) is 0 Å². The summed E-state index contributed by atoms with van der Waals surface area (Å²) in [4.78, 5) is 16.0. The van der Waals surface area contributed by atoms with Crippen molar-refractivity contribution in [1.82, 2.24) is 10.1 Å². The first-order valence-electron chi connectivity index (χ1n) is 9.43. The SMILES string of the molecule is CCC(C)C(=O)Nc1cccc(-c2noc(-c3cc(C(F)(F)F)cc(C(F)(F)F)c3)n2)c1. The van der Waals surface area contributed by atoms with Crippen molar-refractivity contribution >= 4 is 11.6 Å². The van der Waals surface area contributed by atoms with Gasteiger partial charge in [0.15, 0.2) is 0 Å². The van der Waals surface area contributed by atoms with Gasteiger partial charge in [-0.3, -0.25) is 4.79 Å². The van der Waals surface area contributed by atoms with Crippen LogP contribution in [-0.2, 0) is 17.1 Å². The molecule has 1 amide bonds. The fraction of sp³-hybridized carbons (Fsp3) is 0.286. The smallest absolute Gasteiger partial charge is 0.334 e. The zero-order valence-corrected chi connectivity index (χ0v) is 16.8. The van der Waals surface area contributed by atoms with E-state index in [-0.39, 0.29) is 23.7 Å². The first-order chi connectivity index (χ1) is 14.9. The Morgan fingerprint density at radius 2 is 1.62 bits per heavy atom. The number of aromatic nitrogens is 2. The summed E-state index contributed by atoms with van der Waals surface area (Å²) < 4.78 is 83.4. The van der Waals surface area contributed by atoms with Crippen LogP contribution in [0.5, 0.6) is 0 Å². The van der Waals surface area contributed by atoms with E-state index in [9.17, 15) is 31.1 Å². The van der Waals surface area contributed by atoms with Crippen molar-refractivity contribution in [3.8, 4) is 22.8 Å². The second-order valence-electron chi connectivity index (χ2n) is 7.10. The Hall–Kier alpha value is -3.37. The molecule has 0 spiro atoms. The van der Waals surface area contributed by atoms with Gasteiger partial charge in [0, 0.05) is 22.7 Å². The van der Waals surface area contributed by atoms with Gasteiger partial charge in [-0.15, -0.1) is 0 Å². The standard InChI is InChI=1S/C21H17F6N3O2/c1-3-11(2)18(31)28-16-6-4-5-12(9-16)17-29-19(32-30-17)13-7-14(20(22,23)24)10-15(8-13)21(25,26)27/h4-11H,3H2,1-2H3,(H,28,31). The molecule has 0 aliphatic carbocycles. The number of rotatable bonds is 5. The molecular weight excluding hydrogens is 440 g/mol. The minimum absolute atomic E-state index is 0.0181. The van der Waals surface area contributed by atoms with Crippen LogP contribution in [0.1, 0.15) is 31.4 Å². The van der Waals surface area contributed by atoms with Gasteiger partial charge in [-0.2, -0.15) is 31.3 Å². The lowest BCUT2D eigenvalue weighted by Gasteiger charge is -2.12. The van der Waals surface area contributed by atoms with Gasteiger partial charge in [0.25, 0.3) is 5.89 Å². The van der Waals surface area contributed by atoms with Crippen molar-refractivity contribution in [2.24, 2.45) is 5.92 Å². The van der Waals surface area contributed by atoms with Crippen LogP contribution in [0.3, 0.4) is 0 Å². The zero-order valence-electron chi connectivity index (χ0n) is 16.8. The normalized spacial score (nSPS) is 13.1. The molecule has 5 nitrogen and oxygen atoms in total. The first-order valence-corrected chi connectivity index (χ1v) is 9.43. The van der Waals surface area contributed by atoms with E-state index in [1.54, 1.807) is 25.1 Å². The van der Waals surface area contributed by atoms with Crippen LogP contribution in [-0.4, -0.2) is 16.0 Å². The van der Waals surface area contributed by atoms with Crippen molar-refractivity contribution in [2.75, 3.05) is 5.32 Å². The van der Waals surface area contributed by atoms with Crippen molar-refractivity contribution < 1.29 is 35.7 Å². The summed E-state index contributed by atoms with van der Waals surface area (Å²) in [5, 5.41) is 6.37. The molecule has 1 heterocycles. The Labute approximate surface area is 178 Å². The minimum atomic E-state index is -5.00. The van der Waals surface area contributed by atoms with E-state index in [0.717, 1.165) is 0 Å². The lowest BCUT2D eigenvalue weighted by Crippen LogP contribution is -2.19. The maximum Gasteiger partial charge on any atom is 0.416 e. The predicted octanol–water partition coefficient (Wildman–Crippen LogP) is 6.43. The Balaban J connectivity index is 1.96. The van der Waals surface area contributed by atoms with Crippen molar-refractivity contribution in [2.45, 2.75) is 32.6 Å². The molecule has 1 N–H and O–H groups in total. The summed E-state index contributed by atoms with van der Waals surface area (Å²) in [6.45, 7) is 3.62. The van der Waals surface area contributed by atoms with E-state index in [4.69, 9.17) is 4.52 Å². The van der Waals surface area contributed by atoms with Gasteiger partial charge in [0.1, 0.15) is 0 Å². The molecule has 0 aliphatic rings. The number of carbonyl (C=O) groups is 1. The predicted molar refractivity (Wildman–Crippen MR) is 103 cm³/mol. The Kier molecular flexibility index (Phi) is 6.29. The molecule has 170 valence electrons. The molecule has 1 unspecified atom stereocenters. The molecule has 0 radical (unpaired) electrons. The molecule has 11 heteroatoms. The zero-order chi connectivity index (χ0) is 23.7. The lowest BCUT2D eigenvalue weighted by atomic mass is 10.0. The van der Waals surface area contributed by atoms with Crippen LogP contribution >= 0.6 is 0 Å². The molecule has 1 aromatic heterocycles. The number of nitrogens with zero attached hydrogens (tertiary/aromatic N) is 2. The Bertz CT molecular complexity index is 1090. The van der Waals surface area contributed by atoms with Gasteiger partial charge < -0.3 is 9.84 Å². The molecule has 0 saturated heterocycles. The third-order valence-electron chi connectivity index (χ3n) is 4.71. The van der Waals surface area contributed by atoms with E-state index in [1.165, 1.54) is 6.07 Å². The summed E-state index contributed by atoms with van der Waals surface area (Å²) in [7, 11) is 0. The average Bonchev–Trinajstić information content (AvgIpc) is 3.22. The van der Waals surface area contributed by atoms with E-state index >= 15 is 0 Å². The molecule has 3 rings (SSSR count). The lowest BCUT2D eigenvalue weighted by molar-refractivity contribution is -0.143. The molecule has 0 saturated carbocycles. The van der Waals surface area contributed by atoms with Gasteiger partial charge in [0.05, 0.1) is 11.1 Å². The topological polar surface area (TPSA) is 68.0 Å². The first kappa shape index (κ1) is 23.3. The number of carbonyl (C=O) groups excluding carboxylic acids is 1. The summed E-state index contributed by atoms with van der Waals surface area (Å²) >= 11 is 0. The molecule has 0 bridgehead atoms. The van der Waals surface area contributed by atoms with Gasteiger partial charge in [0.2, 0.25) is 11.7 Å². The Morgan fingerprint density at radius 1 is 1.00 bits per heavy atom. The highest BCUT2D eigenvalue weighted by atomic mass is 19.4. The molecule has 2 aromatic carbocycles. The van der Waals surface area contributed by atoms with E-state index in [1.807, 2.05) is 6.92 Å². The minimum Gasteiger partial charge on any atom is -0.334 e. The number of anilines is 1. The number of halogens is 6. The van der Waals surface area contributed by atoms with Crippen LogP contribution in [0.25, 0.3) is 22.8 Å². The summed E-state index contributed by atoms with van der Waals surface area (Å²) in [6, 6.07) is 7.31. The maximum atomic E-state index is 13.1. The highest BCUT2D eigenvalue weighted by molar-refractivity contribution is 5.92. The third kappa shape index (κ3) is 5.27. The number of hydrogen-bond acceptors (Lipinski definition) is 4. The van der Waals surface area contributed by atoms with E-state index in [0.29, 0.717) is 29.8 Å². The monoisotopic (exact) mass is 457 g/mol. The van der Waals surface area contributed by atoms with Gasteiger partial charge in [-0.05, 0) is 36.8 Å². The molecular formula is C21H17F6N3O2. The van der Waals surface area contributed by atoms with E-state index < -0.39 is 34.9 Å². The van der Waals surface area contributed by atoms with Crippen LogP contribution in [0, 0.1) is 5.92 Å². The second kappa shape index (κ2) is 8.64. The quantitative estimate of drug-likeness (QED) is 0.449. The van der Waals surface area contributed by atoms with Crippen molar-refractivity contribution in [3.05, 3.63) is 53.6 Å². The second-order valence-corrected chi connectivity index (χ2v) is 7.10. The number of alkyl halides is 6. The van der Waals surface area contributed by atoms with Crippen LogP contribution in [0.4, 0.5) is 32.0 Å². The molecule has 0 aliphatic heterocycles. The highest BCUT2D eigenvalue weighted by Gasteiger charge is 2.37. The molecule has 1 atom stereocenters. The molecule has 32 heavy (non-hydrogen) atoms. The average molecular weight is 457 g/mol. The van der Waals surface area contributed by atoms with Gasteiger partial charge >= 0.3 is 12.4 Å². The fourth-order valence-corrected chi connectivity index (χ4v) is 2.72. The maximum absolute atomic E-state index is 13.1. The summed E-state index contributed by atoms with van der Waals surface area (Å²) in [6.07, 6.45) is -9.36. The van der Waals surface area contributed by atoms with Gasteiger partial charge in [-0.25, -0.2) is 0 Å². The fourth-order valence-electron chi connectivity index (χ4n) is 2.72. The van der Waals surface area contributed by atoms with Crippen LogP contribution in [0.15, 0.2) is 47.0 Å². The van der Waals surface area contributed by atoms with Gasteiger partial charge in [-0.1, -0.05) is 31.1 Å². The van der Waals surface area contributed by atoms with Crippen LogP contribution in [0.2, 0.25) is 0 Å². The van der Waals surface area contributed by atoms with Crippen LogP contribution < -0.4 is 5.32 Å². The summed E-state index contributed by atoms with van der Waals surface area (Å²) in [5.41, 5.74) is -2.72. The third-order valence-corrected chi connectivity index (χ3v) is 4.71. The molecule has 0 fully saturated rings. The number of hydrogen-bond donors (Lipinski definition) is 1.